The lowest BCUT2D eigenvalue weighted by Crippen LogP contribution is -2.42. The van der Waals surface area contributed by atoms with Crippen LogP contribution < -0.4 is 0 Å². The maximum absolute atomic E-state index is 12.3. The van der Waals surface area contributed by atoms with E-state index in [-0.39, 0.29) is 34.6 Å². The summed E-state index contributed by atoms with van der Waals surface area (Å²) in [6.07, 6.45) is 1.05. The molecule has 1 fully saturated rings. The molecule has 0 aromatic heterocycles. The average molecular weight is 344 g/mol. The molecule has 2 rings (SSSR count). The fourth-order valence-corrected chi connectivity index (χ4v) is 2.41. The zero-order chi connectivity index (χ0) is 18.2. The SMILES string of the molecule is [2H]c1c([2H])c(C2CCCN(C(=O)OC(C)(C)C)C2)c([2H])c([2H])c1Br. The molecule has 0 saturated carbocycles. The van der Waals surface area contributed by atoms with Crippen LogP contribution in [0.4, 0.5) is 4.79 Å². The van der Waals surface area contributed by atoms with Crippen LogP contribution in [-0.2, 0) is 4.74 Å². The van der Waals surface area contributed by atoms with E-state index in [4.69, 9.17) is 10.2 Å². The molecule has 1 aromatic carbocycles. The van der Waals surface area contributed by atoms with Crippen molar-refractivity contribution in [2.75, 3.05) is 13.1 Å². The van der Waals surface area contributed by atoms with Crippen LogP contribution in [-0.4, -0.2) is 29.7 Å². The summed E-state index contributed by atoms with van der Waals surface area (Å²) in [7, 11) is 0. The van der Waals surface area contributed by atoms with Crippen molar-refractivity contribution in [2.24, 2.45) is 0 Å². The number of hydrogen-bond acceptors (Lipinski definition) is 2. The van der Waals surface area contributed by atoms with Gasteiger partial charge in [0, 0.05) is 23.5 Å². The summed E-state index contributed by atoms with van der Waals surface area (Å²) in [5.74, 6) is -0.229. The minimum atomic E-state index is -0.578. The van der Waals surface area contributed by atoms with E-state index in [9.17, 15) is 4.79 Å². The van der Waals surface area contributed by atoms with Crippen molar-refractivity contribution in [2.45, 2.75) is 45.1 Å². The Morgan fingerprint density at radius 1 is 1.40 bits per heavy atom. The quantitative estimate of drug-likeness (QED) is 0.747. The van der Waals surface area contributed by atoms with Crippen LogP contribution in [0.2, 0.25) is 0 Å². The predicted octanol–water partition coefficient (Wildman–Crippen LogP) is 4.56. The predicted molar refractivity (Wildman–Crippen MR) is 83.9 cm³/mol. The second-order valence-electron chi connectivity index (χ2n) is 5.99. The summed E-state index contributed by atoms with van der Waals surface area (Å²) in [6.45, 7) is 6.34. The van der Waals surface area contributed by atoms with Crippen LogP contribution in [0.1, 0.15) is 50.6 Å². The highest BCUT2D eigenvalue weighted by atomic mass is 79.9. The molecule has 3 nitrogen and oxygen atoms in total. The third kappa shape index (κ3) is 4.23. The first-order chi connectivity index (χ1) is 11.0. The first-order valence-corrected chi connectivity index (χ1v) is 7.56. The molecule has 1 aliphatic rings. The number of rotatable bonds is 1. The van der Waals surface area contributed by atoms with E-state index in [1.165, 1.54) is 0 Å². The van der Waals surface area contributed by atoms with Gasteiger partial charge in [0.05, 0.1) is 5.48 Å². The number of ether oxygens (including phenoxy) is 1. The van der Waals surface area contributed by atoms with E-state index in [0.29, 0.717) is 18.7 Å². The second kappa shape index (κ2) is 6.17. The summed E-state index contributed by atoms with van der Waals surface area (Å²) in [5, 5.41) is 0. The molecule has 0 N–H and O–H groups in total. The van der Waals surface area contributed by atoms with Crippen molar-refractivity contribution in [1.29, 1.82) is 0 Å². The zero-order valence-corrected chi connectivity index (χ0v) is 13.6. The lowest BCUT2D eigenvalue weighted by Gasteiger charge is -2.34. The van der Waals surface area contributed by atoms with Crippen molar-refractivity contribution in [1.82, 2.24) is 4.90 Å². The molecule has 1 aromatic rings. The van der Waals surface area contributed by atoms with E-state index >= 15 is 0 Å². The molecule has 0 radical (unpaired) electrons. The highest BCUT2D eigenvalue weighted by molar-refractivity contribution is 9.10. The summed E-state index contributed by atoms with van der Waals surface area (Å²) in [6, 6.07) is -0.251. The van der Waals surface area contributed by atoms with Crippen LogP contribution in [0.3, 0.4) is 0 Å². The van der Waals surface area contributed by atoms with Crippen molar-refractivity contribution in [3.05, 3.63) is 34.2 Å². The van der Waals surface area contributed by atoms with E-state index in [0.717, 1.165) is 12.8 Å². The fraction of sp³-hybridized carbons (Fsp3) is 0.562. The number of hydrogen-bond donors (Lipinski definition) is 0. The number of carbonyl (C=O) groups excluding carboxylic acids is 1. The number of likely N-dealkylation sites (tertiary alicyclic amines) is 1. The third-order valence-electron chi connectivity index (χ3n) is 3.10. The largest absolute Gasteiger partial charge is 0.444 e. The van der Waals surface area contributed by atoms with E-state index in [2.05, 4.69) is 15.9 Å². The molecule has 1 amide bonds. The van der Waals surface area contributed by atoms with Gasteiger partial charge in [-0.25, -0.2) is 4.79 Å². The first kappa shape index (κ1) is 10.7. The third-order valence-corrected chi connectivity index (χ3v) is 3.49. The van der Waals surface area contributed by atoms with Crippen LogP contribution in [0, 0.1) is 0 Å². The smallest absolute Gasteiger partial charge is 0.410 e. The number of benzene rings is 1. The Morgan fingerprint density at radius 2 is 2.05 bits per heavy atom. The van der Waals surface area contributed by atoms with Crippen LogP contribution in [0.25, 0.3) is 0 Å². The van der Waals surface area contributed by atoms with Gasteiger partial charge in [-0.3, -0.25) is 0 Å². The van der Waals surface area contributed by atoms with Crippen LogP contribution in [0.5, 0.6) is 0 Å². The van der Waals surface area contributed by atoms with Gasteiger partial charge in [-0.1, -0.05) is 28.0 Å². The molecule has 0 aliphatic carbocycles. The number of amides is 1. The van der Waals surface area contributed by atoms with Crippen LogP contribution >= 0.6 is 15.9 Å². The highest BCUT2D eigenvalue weighted by Gasteiger charge is 2.28. The molecule has 0 bridgehead atoms. The number of nitrogens with zero attached hydrogens (tertiary/aromatic N) is 1. The van der Waals surface area contributed by atoms with Gasteiger partial charge in [0.25, 0.3) is 0 Å². The Kier molecular flexibility index (Phi) is 3.29. The molecule has 20 heavy (non-hydrogen) atoms. The molecule has 1 heterocycles. The molecule has 110 valence electrons. The van der Waals surface area contributed by atoms with E-state index < -0.39 is 11.7 Å². The Morgan fingerprint density at radius 3 is 2.65 bits per heavy atom. The van der Waals surface area contributed by atoms with Gasteiger partial charge in [0.2, 0.25) is 0 Å². The summed E-state index contributed by atoms with van der Waals surface area (Å²) in [4.78, 5) is 13.9. The van der Waals surface area contributed by atoms with E-state index in [1.54, 1.807) is 4.90 Å². The second-order valence-corrected chi connectivity index (χ2v) is 6.79. The van der Waals surface area contributed by atoms with Gasteiger partial charge in [-0.2, -0.15) is 0 Å². The van der Waals surface area contributed by atoms with Gasteiger partial charge < -0.3 is 9.64 Å². The van der Waals surface area contributed by atoms with E-state index in [1.807, 2.05) is 20.8 Å². The van der Waals surface area contributed by atoms with Gasteiger partial charge in [0.15, 0.2) is 0 Å². The topological polar surface area (TPSA) is 29.5 Å². The Bertz CT molecular complexity index is 631. The van der Waals surface area contributed by atoms with Gasteiger partial charge in [0.1, 0.15) is 5.60 Å². The normalized spacial score (nSPS) is 22.6. The Balaban J connectivity index is 2.29. The number of carbonyl (C=O) groups is 1. The molecule has 1 atom stereocenters. The molecular formula is C16H22BrNO2. The monoisotopic (exact) mass is 343 g/mol. The lowest BCUT2D eigenvalue weighted by atomic mass is 9.91. The fourth-order valence-electron chi connectivity index (χ4n) is 2.22. The summed E-state index contributed by atoms with van der Waals surface area (Å²) in [5.41, 5.74) is -0.202. The standard InChI is InChI=1S/C16H22BrNO2/c1-16(2,3)20-15(19)18-10-4-5-13(11-18)12-6-8-14(17)9-7-12/h6-9,13H,4-5,10-11H2,1-3H3/i6D,7D,8D,9D. The minimum Gasteiger partial charge on any atom is -0.444 e. The lowest BCUT2D eigenvalue weighted by molar-refractivity contribution is 0.0198. The number of halogens is 1. The first-order valence-electron chi connectivity index (χ1n) is 8.76. The maximum atomic E-state index is 12.3. The van der Waals surface area contributed by atoms with Crippen molar-refractivity contribution in [3.8, 4) is 0 Å². The molecular weight excluding hydrogens is 318 g/mol. The van der Waals surface area contributed by atoms with Gasteiger partial charge >= 0.3 is 6.09 Å². The maximum Gasteiger partial charge on any atom is 0.410 e. The number of piperidine rings is 1. The molecule has 4 heteroatoms. The van der Waals surface area contributed by atoms with Crippen molar-refractivity contribution < 1.29 is 15.0 Å². The van der Waals surface area contributed by atoms with Crippen molar-refractivity contribution >= 4 is 22.0 Å². The molecule has 1 unspecified atom stereocenters. The molecule has 0 spiro atoms. The summed E-state index contributed by atoms with van der Waals surface area (Å²) < 4.78 is 37.8. The summed E-state index contributed by atoms with van der Waals surface area (Å²) >= 11 is 3.11. The highest BCUT2D eigenvalue weighted by Crippen LogP contribution is 2.28. The van der Waals surface area contributed by atoms with Gasteiger partial charge in [-0.05, 0) is 51.3 Å². The van der Waals surface area contributed by atoms with Crippen LogP contribution in [0.15, 0.2) is 28.6 Å². The minimum absolute atomic E-state index is 0.0427. The molecule has 1 aliphatic heterocycles. The zero-order valence-electron chi connectivity index (χ0n) is 16.0. The molecule has 1 saturated heterocycles. The average Bonchev–Trinajstić information content (AvgIpc) is 2.50. The Labute approximate surface area is 135 Å². The van der Waals surface area contributed by atoms with Crippen molar-refractivity contribution in [3.63, 3.8) is 0 Å². The Hall–Kier alpha value is -1.03. The van der Waals surface area contributed by atoms with Gasteiger partial charge in [-0.15, -0.1) is 0 Å².